The van der Waals surface area contributed by atoms with Crippen molar-refractivity contribution < 1.29 is 31.2 Å². The molecule has 2 aromatic rings. The van der Waals surface area contributed by atoms with Gasteiger partial charge in [-0.2, -0.15) is 0 Å². The van der Waals surface area contributed by atoms with E-state index in [0.29, 0.717) is 18.5 Å². The first-order valence-corrected chi connectivity index (χ1v) is 13.4. The average molecular weight is 503 g/mol. The lowest BCUT2D eigenvalue weighted by Crippen LogP contribution is -3.00. The predicted molar refractivity (Wildman–Crippen MR) is 130 cm³/mol. The fraction of sp³-hybridized carbons (Fsp3) is 0.556. The van der Waals surface area contributed by atoms with Crippen LogP contribution in [-0.2, 0) is 9.53 Å². The van der Waals surface area contributed by atoms with Crippen molar-refractivity contribution in [3.8, 4) is 0 Å². The molecule has 0 spiro atoms. The number of benzene rings is 1. The molecule has 184 valence electrons. The van der Waals surface area contributed by atoms with E-state index in [1.165, 1.54) is 30.6 Å². The first-order valence-electron chi connectivity index (χ1n) is 12.6. The Morgan fingerprint density at radius 2 is 1.74 bits per heavy atom. The number of halogens is 1. The smallest absolute Gasteiger partial charge is 0.328 e. The summed E-state index contributed by atoms with van der Waals surface area (Å²) in [5.74, 6) is 0.474. The molecule has 1 aromatic heterocycles. The molecule has 3 saturated heterocycles. The van der Waals surface area contributed by atoms with Crippen LogP contribution in [0.15, 0.2) is 47.8 Å². The second-order valence-electron chi connectivity index (χ2n) is 10.2. The lowest BCUT2D eigenvalue weighted by molar-refractivity contribution is -0.938. The molecule has 6 rings (SSSR count). The predicted octanol–water partition coefficient (Wildman–Crippen LogP) is 1.75. The minimum Gasteiger partial charge on any atom is -1.00 e. The number of nitrogens with one attached hydrogen (secondary N) is 1. The topological polar surface area (TPSA) is 55.4 Å². The summed E-state index contributed by atoms with van der Waals surface area (Å²) in [6.07, 6.45) is 7.92. The Kier molecular flexibility index (Phi) is 8.46. The van der Waals surface area contributed by atoms with Crippen molar-refractivity contribution in [1.29, 1.82) is 0 Å². The maximum Gasteiger partial charge on any atom is 0.328 e. The number of piperidine rings is 3. The number of thiophene rings is 1. The summed E-state index contributed by atoms with van der Waals surface area (Å²) in [6, 6.07) is 13.8. The van der Waals surface area contributed by atoms with Crippen LogP contribution in [0.5, 0.6) is 0 Å². The van der Waals surface area contributed by atoms with Gasteiger partial charge in [0.1, 0.15) is 19.1 Å². The molecule has 1 N–H and O–H groups in total. The zero-order valence-electron chi connectivity index (χ0n) is 19.7. The fourth-order valence-corrected chi connectivity index (χ4v) is 6.72. The molecular weight excluding hydrogens is 468 g/mol. The normalized spacial score (nSPS) is 27.5. The second kappa shape index (κ2) is 11.3. The van der Waals surface area contributed by atoms with E-state index in [1.807, 2.05) is 47.8 Å². The third kappa shape index (κ3) is 5.73. The molecular formula is C27H35ClN2O3S. The van der Waals surface area contributed by atoms with Crippen molar-refractivity contribution in [3.05, 3.63) is 58.3 Å². The number of ether oxygens (including phenoxy) is 1. The first kappa shape index (κ1) is 25.4. The minimum atomic E-state index is -0.425. The van der Waals surface area contributed by atoms with Crippen molar-refractivity contribution in [2.24, 2.45) is 5.92 Å². The van der Waals surface area contributed by atoms with Crippen LogP contribution in [0.3, 0.4) is 0 Å². The van der Waals surface area contributed by atoms with Gasteiger partial charge in [0.15, 0.2) is 6.10 Å². The van der Waals surface area contributed by atoms with Crippen molar-refractivity contribution in [2.75, 3.05) is 26.2 Å². The Labute approximate surface area is 212 Å². The summed E-state index contributed by atoms with van der Waals surface area (Å²) in [4.78, 5) is 27.2. The van der Waals surface area contributed by atoms with E-state index in [4.69, 9.17) is 4.74 Å². The Balaban J connectivity index is 0.00000274. The molecule has 2 atom stereocenters. The lowest BCUT2D eigenvalue weighted by atomic mass is 9.83. The van der Waals surface area contributed by atoms with Gasteiger partial charge in [0.05, 0.1) is 18.0 Å². The molecule has 3 aliphatic heterocycles. The molecule has 4 heterocycles. The summed E-state index contributed by atoms with van der Waals surface area (Å²) in [7, 11) is 0. The monoisotopic (exact) mass is 502 g/mol. The van der Waals surface area contributed by atoms with E-state index in [-0.39, 0.29) is 30.3 Å². The number of quaternary nitrogens is 1. The number of fused-ring (bicyclic) bond motifs is 3. The van der Waals surface area contributed by atoms with E-state index in [1.54, 1.807) is 0 Å². The highest BCUT2D eigenvalue weighted by molar-refractivity contribution is 7.12. The molecule has 7 heteroatoms. The van der Waals surface area contributed by atoms with Crippen LogP contribution in [-0.4, -0.2) is 54.6 Å². The highest BCUT2D eigenvalue weighted by atomic mass is 35.5. The van der Waals surface area contributed by atoms with Crippen molar-refractivity contribution in [1.82, 2.24) is 5.32 Å². The van der Waals surface area contributed by atoms with Crippen LogP contribution in [0, 0.1) is 5.92 Å². The Morgan fingerprint density at radius 1 is 1.00 bits per heavy atom. The third-order valence-electron chi connectivity index (χ3n) is 7.96. The molecule has 0 radical (unpaired) electrons. The molecule has 5 nitrogen and oxygen atoms in total. The average Bonchev–Trinajstić information content (AvgIpc) is 3.40. The fourth-order valence-electron chi connectivity index (χ4n) is 6.06. The molecule has 34 heavy (non-hydrogen) atoms. The Morgan fingerprint density at radius 3 is 2.41 bits per heavy atom. The molecule has 2 bridgehead atoms. The summed E-state index contributed by atoms with van der Waals surface area (Å²) in [5.41, 5.74) is 0.978. The zero-order valence-corrected chi connectivity index (χ0v) is 21.2. The van der Waals surface area contributed by atoms with E-state index >= 15 is 0 Å². The highest BCUT2D eigenvalue weighted by Crippen LogP contribution is 2.37. The number of hydrogen-bond donors (Lipinski definition) is 1. The molecule has 4 aliphatic rings. The Hall–Kier alpha value is -1.73. The van der Waals surface area contributed by atoms with Crippen molar-refractivity contribution in [3.63, 3.8) is 0 Å². The minimum absolute atomic E-state index is 0. The number of carbonyl (C=O) groups excluding carboxylic acids is 2. The standard InChI is InChI=1S/C27H35N2O3S.ClH/c30-23(25-12-7-17-33-25)18-29-15-13-20(14-16-29)24(19-29)32-27(31)26(21-8-3-1-4-9-21)28-22-10-5-2-6-11-22;/h1,3-4,7-9,12,17,20,22,24,26,28H,2,5-6,10-11,13-16,18-19H2;1H/q+1;/p-1/t20?,24-,26?,29?;/m0./s1. The van der Waals surface area contributed by atoms with E-state index in [2.05, 4.69) is 5.32 Å². The van der Waals surface area contributed by atoms with Gasteiger partial charge in [-0.25, -0.2) is 4.79 Å². The maximum atomic E-state index is 13.5. The lowest BCUT2D eigenvalue weighted by Gasteiger charge is -2.51. The van der Waals surface area contributed by atoms with Gasteiger partial charge in [-0.15, -0.1) is 11.3 Å². The first-order chi connectivity index (χ1) is 16.1. The van der Waals surface area contributed by atoms with Gasteiger partial charge in [-0.05, 0) is 29.9 Å². The van der Waals surface area contributed by atoms with Gasteiger partial charge in [0.2, 0.25) is 5.78 Å². The van der Waals surface area contributed by atoms with Crippen molar-refractivity contribution in [2.45, 2.75) is 63.1 Å². The molecule has 1 aliphatic carbocycles. The number of esters is 1. The van der Waals surface area contributed by atoms with Gasteiger partial charge in [-0.3, -0.25) is 10.1 Å². The van der Waals surface area contributed by atoms with Gasteiger partial charge >= 0.3 is 5.97 Å². The van der Waals surface area contributed by atoms with Crippen LogP contribution >= 0.6 is 11.3 Å². The number of Topliss-reactive ketones (excluding diaryl/α,β-unsaturated/α-hetero) is 1. The zero-order chi connectivity index (χ0) is 22.7. The summed E-state index contributed by atoms with van der Waals surface area (Å²) < 4.78 is 7.02. The number of hydrogen-bond acceptors (Lipinski definition) is 5. The van der Waals surface area contributed by atoms with E-state index in [0.717, 1.165) is 60.2 Å². The molecule has 0 amide bonds. The molecule has 4 fully saturated rings. The molecule has 1 aromatic carbocycles. The number of nitrogens with zero attached hydrogens (tertiary/aromatic N) is 1. The SMILES string of the molecule is O=C(C[N+]12CCC(CC1)[C@@H](OC(=O)C(NC1CCCCC1)c1ccccc1)C2)c1cccs1.[Cl-]. The van der Waals surface area contributed by atoms with Crippen LogP contribution in [0.25, 0.3) is 0 Å². The van der Waals surface area contributed by atoms with Gasteiger partial charge in [-0.1, -0.05) is 55.7 Å². The van der Waals surface area contributed by atoms with E-state index < -0.39 is 6.04 Å². The van der Waals surface area contributed by atoms with Crippen LogP contribution in [0.4, 0.5) is 0 Å². The quantitative estimate of drug-likeness (QED) is 0.339. The third-order valence-corrected chi connectivity index (χ3v) is 8.87. The summed E-state index contributed by atoms with van der Waals surface area (Å²) in [6.45, 7) is 3.30. The molecule has 1 unspecified atom stereocenters. The van der Waals surface area contributed by atoms with E-state index in [9.17, 15) is 9.59 Å². The summed E-state index contributed by atoms with van der Waals surface area (Å²) >= 11 is 1.52. The van der Waals surface area contributed by atoms with Gasteiger partial charge < -0.3 is 21.6 Å². The van der Waals surface area contributed by atoms with Crippen LogP contribution in [0.2, 0.25) is 0 Å². The van der Waals surface area contributed by atoms with Gasteiger partial charge in [0.25, 0.3) is 0 Å². The van der Waals surface area contributed by atoms with Crippen LogP contribution < -0.4 is 17.7 Å². The molecule has 1 saturated carbocycles. The summed E-state index contributed by atoms with van der Waals surface area (Å²) in [5, 5.41) is 5.60. The van der Waals surface area contributed by atoms with Crippen molar-refractivity contribution >= 4 is 23.1 Å². The van der Waals surface area contributed by atoms with Crippen LogP contribution in [0.1, 0.15) is 66.2 Å². The number of ketones is 1. The largest absolute Gasteiger partial charge is 1.00 e. The highest BCUT2D eigenvalue weighted by Gasteiger charge is 2.49. The maximum absolute atomic E-state index is 13.5. The Bertz CT molecular complexity index is 938. The second-order valence-corrected chi connectivity index (χ2v) is 11.1. The number of rotatable bonds is 8. The number of carbonyl (C=O) groups is 2. The van der Waals surface area contributed by atoms with Gasteiger partial charge in [0, 0.05) is 24.8 Å².